The van der Waals surface area contributed by atoms with Crippen LogP contribution in [0.1, 0.15) is 38.0 Å². The van der Waals surface area contributed by atoms with Crippen molar-refractivity contribution in [2.45, 2.75) is 13.5 Å². The molecule has 1 fully saturated rings. The predicted octanol–water partition coefficient (Wildman–Crippen LogP) is 3.51. The number of amides is 3. The number of hydrogen-bond donors (Lipinski definition) is 1. The van der Waals surface area contributed by atoms with Crippen molar-refractivity contribution in [3.63, 3.8) is 0 Å². The number of nitrogens with zero attached hydrogens (tertiary/aromatic N) is 1. The van der Waals surface area contributed by atoms with Crippen molar-refractivity contribution in [3.8, 4) is 11.3 Å². The lowest BCUT2D eigenvalue weighted by molar-refractivity contribution is -0.123. The summed E-state index contributed by atoms with van der Waals surface area (Å²) in [4.78, 5) is 49.2. The summed E-state index contributed by atoms with van der Waals surface area (Å²) >= 11 is 0. The Labute approximate surface area is 193 Å². The van der Waals surface area contributed by atoms with Crippen molar-refractivity contribution in [2.75, 3.05) is 14.2 Å². The summed E-state index contributed by atoms with van der Waals surface area (Å²) in [5.41, 5.74) is 2.02. The standard InChI is InChI=1S/C24H20N2O8/c1-13-10-14(22(28)31-2)4-7-17(13)19-8-5-15(33-19)11-18-21(27)26(24(30)25-18)12-16-6-9-20(34-16)23(29)32-3/h4-11H,12H2,1-3H3,(H,25,30)/b18-11-. The van der Waals surface area contributed by atoms with Crippen LogP contribution in [0.5, 0.6) is 0 Å². The fourth-order valence-electron chi connectivity index (χ4n) is 3.45. The normalized spacial score (nSPS) is 14.4. The molecule has 3 heterocycles. The Balaban J connectivity index is 1.51. The molecule has 10 nitrogen and oxygen atoms in total. The number of carbonyl (C=O) groups excluding carboxylic acids is 4. The van der Waals surface area contributed by atoms with Crippen LogP contribution >= 0.6 is 0 Å². The Hall–Kier alpha value is -4.60. The van der Waals surface area contributed by atoms with Crippen molar-refractivity contribution >= 4 is 30.0 Å². The van der Waals surface area contributed by atoms with Crippen LogP contribution < -0.4 is 5.32 Å². The molecule has 0 bridgehead atoms. The van der Waals surface area contributed by atoms with E-state index in [1.165, 1.54) is 32.4 Å². The third-order valence-corrected chi connectivity index (χ3v) is 5.15. The molecule has 0 radical (unpaired) electrons. The largest absolute Gasteiger partial charge is 0.465 e. The van der Waals surface area contributed by atoms with Gasteiger partial charge >= 0.3 is 18.0 Å². The van der Waals surface area contributed by atoms with Gasteiger partial charge in [0.1, 0.15) is 23.0 Å². The third kappa shape index (κ3) is 4.33. The van der Waals surface area contributed by atoms with Gasteiger partial charge in [-0.25, -0.2) is 14.4 Å². The Kier molecular flexibility index (Phi) is 6.05. The number of aryl methyl sites for hydroxylation is 1. The second kappa shape index (κ2) is 9.10. The van der Waals surface area contributed by atoms with Crippen LogP contribution in [0, 0.1) is 6.92 Å². The average molecular weight is 464 g/mol. The number of esters is 2. The molecule has 3 amide bonds. The van der Waals surface area contributed by atoms with E-state index in [2.05, 4.69) is 10.1 Å². The summed E-state index contributed by atoms with van der Waals surface area (Å²) in [5.74, 6) is -0.570. The highest BCUT2D eigenvalue weighted by Crippen LogP contribution is 2.28. The molecule has 4 rings (SSSR count). The highest BCUT2D eigenvalue weighted by atomic mass is 16.5. The van der Waals surface area contributed by atoms with Crippen molar-refractivity contribution in [2.24, 2.45) is 0 Å². The number of methoxy groups -OCH3 is 2. The summed E-state index contributed by atoms with van der Waals surface area (Å²) in [6.45, 7) is 1.68. The number of nitrogens with one attached hydrogen (secondary N) is 1. The molecular weight excluding hydrogens is 444 g/mol. The van der Waals surface area contributed by atoms with Crippen molar-refractivity contribution in [1.29, 1.82) is 0 Å². The number of urea groups is 1. The van der Waals surface area contributed by atoms with Crippen molar-refractivity contribution in [1.82, 2.24) is 10.2 Å². The summed E-state index contributed by atoms with van der Waals surface area (Å²) in [5, 5.41) is 2.50. The summed E-state index contributed by atoms with van der Waals surface area (Å²) in [7, 11) is 2.54. The molecule has 0 spiro atoms. The maximum atomic E-state index is 12.7. The molecule has 0 unspecified atom stereocenters. The monoisotopic (exact) mass is 464 g/mol. The van der Waals surface area contributed by atoms with E-state index in [-0.39, 0.29) is 23.8 Å². The van der Waals surface area contributed by atoms with E-state index >= 15 is 0 Å². The fourth-order valence-corrected chi connectivity index (χ4v) is 3.45. The van der Waals surface area contributed by atoms with Crippen LogP contribution in [0.2, 0.25) is 0 Å². The van der Waals surface area contributed by atoms with Gasteiger partial charge in [0.05, 0.1) is 26.3 Å². The third-order valence-electron chi connectivity index (χ3n) is 5.15. The number of hydrogen-bond acceptors (Lipinski definition) is 8. The van der Waals surface area contributed by atoms with E-state index in [0.717, 1.165) is 16.0 Å². The maximum Gasteiger partial charge on any atom is 0.373 e. The molecule has 1 aromatic carbocycles. The Morgan fingerprint density at radius 1 is 1.00 bits per heavy atom. The van der Waals surface area contributed by atoms with E-state index in [4.69, 9.17) is 13.6 Å². The van der Waals surface area contributed by atoms with Gasteiger partial charge in [-0.05, 0) is 48.9 Å². The molecule has 34 heavy (non-hydrogen) atoms. The molecule has 3 aromatic rings. The van der Waals surface area contributed by atoms with E-state index < -0.39 is 23.9 Å². The van der Waals surface area contributed by atoms with E-state index in [9.17, 15) is 19.2 Å². The summed E-state index contributed by atoms with van der Waals surface area (Å²) in [6, 6.07) is 10.7. The molecule has 0 aliphatic carbocycles. The molecule has 0 atom stereocenters. The van der Waals surface area contributed by atoms with Crippen LogP contribution in [-0.2, 0) is 20.8 Å². The first-order valence-corrected chi connectivity index (χ1v) is 10.1. The molecule has 1 aliphatic rings. The Morgan fingerprint density at radius 2 is 1.76 bits per heavy atom. The minimum atomic E-state index is -0.659. The number of benzene rings is 1. The molecule has 0 saturated carbocycles. The van der Waals surface area contributed by atoms with Crippen LogP contribution in [0.4, 0.5) is 4.79 Å². The zero-order valence-corrected chi connectivity index (χ0v) is 18.5. The van der Waals surface area contributed by atoms with Gasteiger partial charge in [-0.2, -0.15) is 0 Å². The lowest BCUT2D eigenvalue weighted by atomic mass is 10.0. The number of carbonyl (C=O) groups is 4. The molecule has 174 valence electrons. The number of imide groups is 1. The maximum absolute atomic E-state index is 12.7. The van der Waals surface area contributed by atoms with Gasteiger partial charge in [0.25, 0.3) is 5.91 Å². The van der Waals surface area contributed by atoms with Gasteiger partial charge in [-0.3, -0.25) is 9.69 Å². The van der Waals surface area contributed by atoms with Crippen molar-refractivity contribution in [3.05, 3.63) is 76.6 Å². The second-order valence-corrected chi connectivity index (χ2v) is 7.36. The first-order chi connectivity index (χ1) is 16.3. The average Bonchev–Trinajstić information content (AvgIpc) is 3.55. The van der Waals surface area contributed by atoms with E-state index in [1.807, 2.05) is 6.92 Å². The topological polar surface area (TPSA) is 128 Å². The smallest absolute Gasteiger partial charge is 0.373 e. The van der Waals surface area contributed by atoms with Crippen LogP contribution in [-0.4, -0.2) is 43.0 Å². The SMILES string of the molecule is COC(=O)c1ccc(-c2ccc(/C=C3\NC(=O)N(Cc4ccc(C(=O)OC)o4)C3=O)o2)c(C)c1. The zero-order valence-electron chi connectivity index (χ0n) is 18.5. The lowest BCUT2D eigenvalue weighted by Crippen LogP contribution is -2.30. The van der Waals surface area contributed by atoms with E-state index in [1.54, 1.807) is 30.3 Å². The molecule has 1 aliphatic heterocycles. The van der Waals surface area contributed by atoms with Gasteiger partial charge in [-0.15, -0.1) is 0 Å². The minimum Gasteiger partial charge on any atom is -0.465 e. The molecular formula is C24H20N2O8. The van der Waals surface area contributed by atoms with Crippen LogP contribution in [0.3, 0.4) is 0 Å². The quantitative estimate of drug-likeness (QED) is 0.333. The first-order valence-electron chi connectivity index (χ1n) is 10.1. The van der Waals surface area contributed by atoms with Gasteiger partial charge in [0.15, 0.2) is 0 Å². The molecule has 10 heteroatoms. The van der Waals surface area contributed by atoms with Crippen LogP contribution in [0.15, 0.2) is 57.0 Å². The highest BCUT2D eigenvalue weighted by Gasteiger charge is 2.34. The summed E-state index contributed by atoms with van der Waals surface area (Å²) < 4.78 is 20.5. The number of rotatable bonds is 6. The van der Waals surface area contributed by atoms with Gasteiger partial charge in [0, 0.05) is 11.6 Å². The molecule has 1 saturated heterocycles. The molecule has 1 N–H and O–H groups in total. The van der Waals surface area contributed by atoms with E-state index in [0.29, 0.717) is 17.1 Å². The Bertz CT molecular complexity index is 1330. The highest BCUT2D eigenvalue weighted by molar-refractivity contribution is 6.13. The lowest BCUT2D eigenvalue weighted by Gasteiger charge is -2.09. The van der Waals surface area contributed by atoms with Gasteiger partial charge in [-0.1, -0.05) is 6.07 Å². The zero-order chi connectivity index (χ0) is 24.4. The minimum absolute atomic E-state index is 0.0293. The van der Waals surface area contributed by atoms with Crippen molar-refractivity contribution < 1.29 is 37.5 Å². The predicted molar refractivity (Wildman–Crippen MR) is 117 cm³/mol. The van der Waals surface area contributed by atoms with Gasteiger partial charge < -0.3 is 23.6 Å². The second-order valence-electron chi connectivity index (χ2n) is 7.36. The molecule has 2 aromatic heterocycles. The van der Waals surface area contributed by atoms with Crippen LogP contribution in [0.25, 0.3) is 17.4 Å². The Morgan fingerprint density at radius 3 is 2.47 bits per heavy atom. The number of ether oxygens (including phenoxy) is 2. The fraction of sp³-hybridized carbons (Fsp3) is 0.167. The first kappa shape index (κ1) is 22.6. The summed E-state index contributed by atoms with van der Waals surface area (Å²) in [6.07, 6.45) is 1.42. The number of furan rings is 2. The van der Waals surface area contributed by atoms with Gasteiger partial charge in [0.2, 0.25) is 5.76 Å².